The fraction of sp³-hybridized carbons (Fsp3) is 0.833. The number of rotatable bonds is 1. The first kappa shape index (κ1) is 6.05. The Balaban J connectivity index is 2.13. The van der Waals surface area contributed by atoms with Gasteiger partial charge in [-0.3, -0.25) is 0 Å². The lowest BCUT2D eigenvalue weighted by atomic mass is 10.1. The summed E-state index contributed by atoms with van der Waals surface area (Å²) in [6.07, 6.45) is 1.08. The van der Waals surface area contributed by atoms with E-state index in [9.17, 15) is 0 Å². The van der Waals surface area contributed by atoms with Crippen LogP contribution in [-0.2, 0) is 9.47 Å². The van der Waals surface area contributed by atoms with Crippen LogP contribution in [0.25, 0.3) is 0 Å². The number of hydrogen-bond acceptors (Lipinski definition) is 2. The van der Waals surface area contributed by atoms with Gasteiger partial charge in [0.1, 0.15) is 6.79 Å². The van der Waals surface area contributed by atoms with E-state index in [1.807, 2.05) is 0 Å². The molecule has 1 fully saturated rings. The molecule has 0 unspecified atom stereocenters. The molecular weight excluding hydrogens is 104 g/mol. The minimum absolute atomic E-state index is 0.476. The molecule has 0 aromatic rings. The van der Waals surface area contributed by atoms with Crippen LogP contribution < -0.4 is 0 Å². The van der Waals surface area contributed by atoms with E-state index in [0.29, 0.717) is 6.79 Å². The smallest absolute Gasteiger partial charge is 0.146 e. The molecule has 1 aliphatic heterocycles. The van der Waals surface area contributed by atoms with E-state index in [1.165, 1.54) is 5.92 Å². The monoisotopic (exact) mass is 115 g/mol. The highest BCUT2D eigenvalue weighted by Crippen LogP contribution is 2.10. The van der Waals surface area contributed by atoms with Gasteiger partial charge in [-0.05, 0) is 6.42 Å². The van der Waals surface area contributed by atoms with Gasteiger partial charge in [0.05, 0.1) is 13.2 Å². The van der Waals surface area contributed by atoms with Crippen molar-refractivity contribution in [1.29, 1.82) is 0 Å². The molecule has 47 valence electrons. The maximum absolute atomic E-state index is 5.01. The molecule has 2 nitrogen and oxygen atoms in total. The summed E-state index contributed by atoms with van der Waals surface area (Å²) in [6, 6.07) is 0. The zero-order chi connectivity index (χ0) is 5.82. The third-order valence-electron chi connectivity index (χ3n) is 1.28. The first-order chi connectivity index (χ1) is 3.93. The van der Waals surface area contributed by atoms with E-state index in [-0.39, 0.29) is 0 Å². The van der Waals surface area contributed by atoms with Gasteiger partial charge in [0.2, 0.25) is 0 Å². The van der Waals surface area contributed by atoms with Crippen LogP contribution in [0.1, 0.15) is 13.3 Å². The van der Waals surface area contributed by atoms with Crippen LogP contribution >= 0.6 is 0 Å². The molecule has 1 saturated heterocycles. The Labute approximate surface area is 49.8 Å². The van der Waals surface area contributed by atoms with Crippen LogP contribution in [0.15, 0.2) is 0 Å². The molecule has 1 radical (unpaired) electrons. The van der Waals surface area contributed by atoms with E-state index in [1.54, 1.807) is 0 Å². The highest BCUT2D eigenvalue weighted by Gasteiger charge is 2.11. The molecule has 0 spiro atoms. The fourth-order valence-corrected chi connectivity index (χ4v) is 0.677. The van der Waals surface area contributed by atoms with Gasteiger partial charge in [-0.15, -0.1) is 0 Å². The summed E-state index contributed by atoms with van der Waals surface area (Å²) in [5.74, 6) is 1.36. The van der Waals surface area contributed by atoms with Crippen LogP contribution in [0.2, 0.25) is 0 Å². The van der Waals surface area contributed by atoms with Crippen molar-refractivity contribution in [3.63, 3.8) is 0 Å². The highest BCUT2D eigenvalue weighted by molar-refractivity contribution is 4.88. The molecular formula is C6H11O2. The van der Waals surface area contributed by atoms with Crippen molar-refractivity contribution < 1.29 is 9.47 Å². The second kappa shape index (κ2) is 3.05. The second-order valence-corrected chi connectivity index (χ2v) is 1.92. The second-order valence-electron chi connectivity index (χ2n) is 1.92. The van der Waals surface area contributed by atoms with Crippen LogP contribution in [0.3, 0.4) is 0 Å². The molecule has 2 heteroatoms. The van der Waals surface area contributed by atoms with Gasteiger partial charge in [-0.25, -0.2) is 0 Å². The zero-order valence-corrected chi connectivity index (χ0v) is 5.14. The number of hydrogen-bond donors (Lipinski definition) is 0. The molecule has 0 amide bonds. The summed E-state index contributed by atoms with van der Waals surface area (Å²) < 4.78 is 10.0. The predicted molar refractivity (Wildman–Crippen MR) is 30.3 cm³/mol. The molecule has 1 rings (SSSR count). The van der Waals surface area contributed by atoms with Gasteiger partial charge in [-0.2, -0.15) is 0 Å². The minimum Gasteiger partial charge on any atom is -0.355 e. The minimum atomic E-state index is 0.476. The summed E-state index contributed by atoms with van der Waals surface area (Å²) in [6.45, 7) is 4.20. The van der Waals surface area contributed by atoms with Crippen molar-refractivity contribution in [3.8, 4) is 0 Å². The Bertz CT molecular complexity index is 57.5. The van der Waals surface area contributed by atoms with Crippen molar-refractivity contribution in [2.75, 3.05) is 20.0 Å². The van der Waals surface area contributed by atoms with E-state index in [2.05, 4.69) is 6.92 Å². The largest absolute Gasteiger partial charge is 0.355 e. The van der Waals surface area contributed by atoms with Crippen molar-refractivity contribution in [2.45, 2.75) is 13.3 Å². The van der Waals surface area contributed by atoms with E-state index >= 15 is 0 Å². The summed E-state index contributed by atoms with van der Waals surface area (Å²) in [7, 11) is 0. The van der Waals surface area contributed by atoms with E-state index < -0.39 is 0 Å². The maximum Gasteiger partial charge on any atom is 0.146 e. The van der Waals surface area contributed by atoms with E-state index in [0.717, 1.165) is 19.6 Å². The standard InChI is InChI=1S/C6H11O2/c1-2-6-3-7-5-8-4-6/h2-5H2,1H3. The van der Waals surface area contributed by atoms with Crippen molar-refractivity contribution >= 4 is 0 Å². The van der Waals surface area contributed by atoms with E-state index in [4.69, 9.17) is 9.47 Å². The Kier molecular flexibility index (Phi) is 2.30. The molecule has 8 heavy (non-hydrogen) atoms. The van der Waals surface area contributed by atoms with Gasteiger partial charge in [-0.1, -0.05) is 6.92 Å². The van der Waals surface area contributed by atoms with Gasteiger partial charge in [0.15, 0.2) is 0 Å². The van der Waals surface area contributed by atoms with Crippen LogP contribution in [-0.4, -0.2) is 20.0 Å². The van der Waals surface area contributed by atoms with Gasteiger partial charge >= 0.3 is 0 Å². The number of ether oxygens (including phenoxy) is 2. The highest BCUT2D eigenvalue weighted by atomic mass is 16.7. The van der Waals surface area contributed by atoms with Crippen molar-refractivity contribution in [3.05, 3.63) is 5.92 Å². The van der Waals surface area contributed by atoms with Crippen molar-refractivity contribution in [1.82, 2.24) is 0 Å². The molecule has 0 aromatic carbocycles. The molecule has 0 aliphatic carbocycles. The molecule has 0 N–H and O–H groups in total. The average molecular weight is 115 g/mol. The lowest BCUT2D eigenvalue weighted by Crippen LogP contribution is -2.21. The normalized spacial score (nSPS) is 23.6. The Morgan fingerprint density at radius 1 is 1.38 bits per heavy atom. The first-order valence-corrected chi connectivity index (χ1v) is 2.92. The molecule has 0 saturated carbocycles. The van der Waals surface area contributed by atoms with Crippen molar-refractivity contribution in [2.24, 2.45) is 0 Å². The first-order valence-electron chi connectivity index (χ1n) is 2.92. The van der Waals surface area contributed by atoms with Crippen LogP contribution in [0.5, 0.6) is 0 Å². The molecule has 0 aromatic heterocycles. The third-order valence-corrected chi connectivity index (χ3v) is 1.28. The Hall–Kier alpha value is -0.0800. The average Bonchev–Trinajstić information content (AvgIpc) is 1.90. The molecule has 0 bridgehead atoms. The van der Waals surface area contributed by atoms with Gasteiger partial charge < -0.3 is 9.47 Å². The molecule has 1 aliphatic rings. The predicted octanol–water partition coefficient (Wildman–Crippen LogP) is 0.975. The lowest BCUT2D eigenvalue weighted by Gasteiger charge is -2.19. The fourth-order valence-electron chi connectivity index (χ4n) is 0.677. The van der Waals surface area contributed by atoms with Gasteiger partial charge in [0, 0.05) is 5.92 Å². The summed E-state index contributed by atoms with van der Waals surface area (Å²) in [5.41, 5.74) is 0. The van der Waals surface area contributed by atoms with Crippen LogP contribution in [0, 0.1) is 5.92 Å². The quantitative estimate of drug-likeness (QED) is 0.507. The van der Waals surface area contributed by atoms with Gasteiger partial charge in [0.25, 0.3) is 0 Å². The summed E-state index contributed by atoms with van der Waals surface area (Å²) in [5, 5.41) is 0. The topological polar surface area (TPSA) is 18.5 Å². The van der Waals surface area contributed by atoms with Crippen LogP contribution in [0.4, 0.5) is 0 Å². The Morgan fingerprint density at radius 2 is 2.00 bits per heavy atom. The summed E-state index contributed by atoms with van der Waals surface area (Å²) in [4.78, 5) is 0. The SMILES string of the molecule is CC[C]1COCOC1. The lowest BCUT2D eigenvalue weighted by molar-refractivity contribution is -0.0851. The summed E-state index contributed by atoms with van der Waals surface area (Å²) >= 11 is 0. The zero-order valence-electron chi connectivity index (χ0n) is 5.14. The molecule has 0 atom stereocenters. The molecule has 1 heterocycles. The Morgan fingerprint density at radius 3 is 2.38 bits per heavy atom. The maximum atomic E-state index is 5.01. The third kappa shape index (κ3) is 1.46.